The van der Waals surface area contributed by atoms with Gasteiger partial charge in [-0.05, 0) is 42.7 Å². The first-order valence-corrected chi connectivity index (χ1v) is 8.78. The molecule has 1 saturated heterocycles. The zero-order valence-electron chi connectivity index (χ0n) is 15.1. The molecule has 2 heterocycles. The van der Waals surface area contributed by atoms with Gasteiger partial charge in [0.05, 0.1) is 0 Å². The molecule has 5 nitrogen and oxygen atoms in total. The van der Waals surface area contributed by atoms with Crippen molar-refractivity contribution >= 4 is 17.1 Å². The number of oxazole rings is 1. The Morgan fingerprint density at radius 1 is 1.22 bits per heavy atom. The second-order valence-electron chi connectivity index (χ2n) is 6.89. The lowest BCUT2D eigenvalue weighted by molar-refractivity contribution is 0.159. The zero-order valence-corrected chi connectivity index (χ0v) is 15.1. The van der Waals surface area contributed by atoms with Crippen molar-refractivity contribution in [3.05, 3.63) is 53.9 Å². The highest BCUT2D eigenvalue weighted by Gasteiger charge is 2.34. The van der Waals surface area contributed by atoms with Crippen LogP contribution in [0.4, 0.5) is 13.6 Å². The molecule has 1 unspecified atom stereocenters. The third-order valence-corrected chi connectivity index (χ3v) is 4.81. The van der Waals surface area contributed by atoms with E-state index in [2.05, 4.69) is 4.98 Å². The number of amides is 2. The Hall–Kier alpha value is -2.96. The van der Waals surface area contributed by atoms with Gasteiger partial charge in [-0.15, -0.1) is 0 Å². The lowest BCUT2D eigenvalue weighted by Gasteiger charge is -2.25. The number of nitrogens with zero attached hydrogens (tertiary/aromatic N) is 3. The quantitative estimate of drug-likeness (QED) is 0.662. The largest absolute Gasteiger partial charge is 0.438 e. The molecule has 1 fully saturated rings. The van der Waals surface area contributed by atoms with Gasteiger partial charge in [0.15, 0.2) is 5.58 Å². The van der Waals surface area contributed by atoms with Crippen molar-refractivity contribution in [3.8, 4) is 11.1 Å². The normalized spacial score (nSPS) is 16.9. The SMILES string of the molecule is CN(C)C(=O)N1CCCC1c1nc2cc(-c3ccc(F)cc3F)ccc2o1. The van der Waals surface area contributed by atoms with Crippen LogP contribution >= 0.6 is 0 Å². The summed E-state index contributed by atoms with van der Waals surface area (Å²) in [6.45, 7) is 0.659. The zero-order chi connectivity index (χ0) is 19.1. The Morgan fingerprint density at radius 2 is 2.04 bits per heavy atom. The average Bonchev–Trinajstić information content (AvgIpc) is 3.26. The van der Waals surface area contributed by atoms with Crippen molar-refractivity contribution in [3.63, 3.8) is 0 Å². The molecule has 1 atom stereocenters. The number of carbonyl (C=O) groups is 1. The average molecular weight is 371 g/mol. The van der Waals surface area contributed by atoms with Crippen LogP contribution in [0, 0.1) is 11.6 Å². The Kier molecular flexibility index (Phi) is 4.30. The second-order valence-corrected chi connectivity index (χ2v) is 6.89. The van der Waals surface area contributed by atoms with Gasteiger partial charge in [-0.2, -0.15) is 0 Å². The second kappa shape index (κ2) is 6.64. The summed E-state index contributed by atoms with van der Waals surface area (Å²) in [4.78, 5) is 20.2. The molecule has 0 aliphatic carbocycles. The van der Waals surface area contributed by atoms with Gasteiger partial charge in [-0.1, -0.05) is 6.07 Å². The molecule has 0 N–H and O–H groups in total. The number of rotatable bonds is 2. The van der Waals surface area contributed by atoms with Crippen molar-refractivity contribution in [2.45, 2.75) is 18.9 Å². The Balaban J connectivity index is 1.70. The van der Waals surface area contributed by atoms with Crippen molar-refractivity contribution in [2.24, 2.45) is 0 Å². The van der Waals surface area contributed by atoms with Gasteiger partial charge in [0.25, 0.3) is 0 Å². The predicted molar refractivity (Wildman–Crippen MR) is 97.1 cm³/mol. The molecule has 2 amide bonds. The van der Waals surface area contributed by atoms with E-state index in [1.165, 1.54) is 17.0 Å². The fraction of sp³-hybridized carbons (Fsp3) is 0.300. The van der Waals surface area contributed by atoms with Crippen LogP contribution in [-0.4, -0.2) is 41.5 Å². The lowest BCUT2D eigenvalue weighted by atomic mass is 10.0. The molecule has 1 aliphatic heterocycles. The number of hydrogen-bond acceptors (Lipinski definition) is 3. The molecule has 27 heavy (non-hydrogen) atoms. The summed E-state index contributed by atoms with van der Waals surface area (Å²) in [6.07, 6.45) is 1.67. The third-order valence-electron chi connectivity index (χ3n) is 4.81. The number of aromatic nitrogens is 1. The van der Waals surface area contributed by atoms with E-state index in [1.54, 1.807) is 37.2 Å². The predicted octanol–water partition coefficient (Wildman–Crippen LogP) is 4.59. The summed E-state index contributed by atoms with van der Waals surface area (Å²) in [6, 6.07) is 8.35. The van der Waals surface area contributed by atoms with Gasteiger partial charge in [-0.3, -0.25) is 0 Å². The van der Waals surface area contributed by atoms with E-state index < -0.39 is 11.6 Å². The molecule has 0 radical (unpaired) electrons. The van der Waals surface area contributed by atoms with Crippen LogP contribution in [0.25, 0.3) is 22.2 Å². The molecule has 140 valence electrons. The fourth-order valence-electron chi connectivity index (χ4n) is 3.49. The fourth-order valence-corrected chi connectivity index (χ4v) is 3.49. The highest BCUT2D eigenvalue weighted by molar-refractivity contribution is 5.81. The monoisotopic (exact) mass is 371 g/mol. The van der Waals surface area contributed by atoms with Crippen LogP contribution in [0.3, 0.4) is 0 Å². The summed E-state index contributed by atoms with van der Waals surface area (Å²) in [5, 5.41) is 0. The summed E-state index contributed by atoms with van der Waals surface area (Å²) >= 11 is 0. The summed E-state index contributed by atoms with van der Waals surface area (Å²) in [7, 11) is 3.43. The van der Waals surface area contributed by atoms with Gasteiger partial charge >= 0.3 is 6.03 Å². The number of benzene rings is 2. The van der Waals surface area contributed by atoms with Crippen LogP contribution in [0.15, 0.2) is 40.8 Å². The van der Waals surface area contributed by atoms with Gasteiger partial charge in [0.1, 0.15) is 23.2 Å². The minimum atomic E-state index is -0.628. The molecule has 4 rings (SSSR count). The van der Waals surface area contributed by atoms with Gasteiger partial charge in [0.2, 0.25) is 5.89 Å². The maximum Gasteiger partial charge on any atom is 0.320 e. The molecule has 7 heteroatoms. The summed E-state index contributed by atoms with van der Waals surface area (Å²) in [5.74, 6) is -0.765. The molecule has 1 aliphatic rings. The molecule has 1 aromatic heterocycles. The van der Waals surface area contributed by atoms with E-state index in [0.717, 1.165) is 18.9 Å². The summed E-state index contributed by atoms with van der Waals surface area (Å²) in [5.41, 5.74) is 2.04. The molecule has 2 aromatic carbocycles. The van der Waals surface area contributed by atoms with E-state index in [9.17, 15) is 13.6 Å². The molecular weight excluding hydrogens is 352 g/mol. The molecule has 0 bridgehead atoms. The maximum absolute atomic E-state index is 14.1. The highest BCUT2D eigenvalue weighted by Crippen LogP contribution is 2.35. The standard InChI is InChI=1S/C20H19F2N3O2/c1-24(2)20(26)25-9-3-4-17(25)19-23-16-10-12(5-8-18(16)27-19)14-7-6-13(21)11-15(14)22/h5-8,10-11,17H,3-4,9H2,1-2H3. The van der Waals surface area contributed by atoms with E-state index >= 15 is 0 Å². The number of fused-ring (bicyclic) bond motifs is 1. The van der Waals surface area contributed by atoms with Gasteiger partial charge < -0.3 is 14.2 Å². The Labute approximate surface area is 155 Å². The van der Waals surface area contributed by atoms with Crippen LogP contribution < -0.4 is 0 Å². The number of halogens is 2. The third kappa shape index (κ3) is 3.13. The van der Waals surface area contributed by atoms with E-state index in [-0.39, 0.29) is 12.1 Å². The van der Waals surface area contributed by atoms with Crippen LogP contribution in [-0.2, 0) is 0 Å². The van der Waals surface area contributed by atoms with Crippen molar-refractivity contribution in [1.82, 2.24) is 14.8 Å². The molecule has 3 aromatic rings. The Bertz CT molecular complexity index is 1020. The van der Waals surface area contributed by atoms with E-state index in [1.807, 2.05) is 0 Å². The van der Waals surface area contributed by atoms with E-state index in [4.69, 9.17) is 4.42 Å². The minimum Gasteiger partial charge on any atom is -0.438 e. The van der Waals surface area contributed by atoms with E-state index in [0.29, 0.717) is 34.7 Å². The Morgan fingerprint density at radius 3 is 2.78 bits per heavy atom. The minimum absolute atomic E-state index is 0.0752. The number of urea groups is 1. The van der Waals surface area contributed by atoms with Crippen LogP contribution in [0.1, 0.15) is 24.8 Å². The van der Waals surface area contributed by atoms with Gasteiger partial charge in [-0.25, -0.2) is 18.6 Å². The number of hydrogen-bond donors (Lipinski definition) is 0. The van der Waals surface area contributed by atoms with Gasteiger partial charge in [0, 0.05) is 32.3 Å². The first kappa shape index (κ1) is 17.5. The van der Waals surface area contributed by atoms with Crippen molar-refractivity contribution in [2.75, 3.05) is 20.6 Å². The topological polar surface area (TPSA) is 49.6 Å². The number of likely N-dealkylation sites (tertiary alicyclic amines) is 1. The molecule has 0 saturated carbocycles. The highest BCUT2D eigenvalue weighted by atomic mass is 19.1. The first-order valence-electron chi connectivity index (χ1n) is 8.78. The first-order chi connectivity index (χ1) is 12.9. The smallest absolute Gasteiger partial charge is 0.320 e. The molecular formula is C20H19F2N3O2. The van der Waals surface area contributed by atoms with Crippen molar-refractivity contribution in [1.29, 1.82) is 0 Å². The van der Waals surface area contributed by atoms with Crippen LogP contribution in [0.2, 0.25) is 0 Å². The van der Waals surface area contributed by atoms with Crippen molar-refractivity contribution < 1.29 is 18.0 Å². The lowest BCUT2D eigenvalue weighted by Crippen LogP contribution is -2.38. The van der Waals surface area contributed by atoms with Crippen LogP contribution in [0.5, 0.6) is 0 Å². The summed E-state index contributed by atoms with van der Waals surface area (Å²) < 4.78 is 33.1. The number of carbonyl (C=O) groups excluding carboxylic acids is 1. The maximum atomic E-state index is 14.1. The molecule has 0 spiro atoms.